The lowest BCUT2D eigenvalue weighted by Gasteiger charge is -2.29. The van der Waals surface area contributed by atoms with Gasteiger partial charge in [0.2, 0.25) is 0 Å². The Bertz CT molecular complexity index is 376. The van der Waals surface area contributed by atoms with Crippen LogP contribution in [0.15, 0.2) is 18.2 Å². The van der Waals surface area contributed by atoms with Gasteiger partial charge in [-0.25, -0.2) is 8.78 Å². The fourth-order valence-corrected chi connectivity index (χ4v) is 2.30. The van der Waals surface area contributed by atoms with E-state index in [1.54, 1.807) is 0 Å². The predicted octanol–water partition coefficient (Wildman–Crippen LogP) is 2.54. The Balaban J connectivity index is 2.00. The van der Waals surface area contributed by atoms with E-state index >= 15 is 0 Å². The first-order valence-electron chi connectivity index (χ1n) is 6.06. The summed E-state index contributed by atoms with van der Waals surface area (Å²) >= 11 is 0. The second-order valence-corrected chi connectivity index (χ2v) is 4.62. The van der Waals surface area contributed by atoms with Gasteiger partial charge in [-0.05, 0) is 31.5 Å². The van der Waals surface area contributed by atoms with Crippen molar-refractivity contribution in [3.8, 4) is 0 Å². The van der Waals surface area contributed by atoms with Crippen LogP contribution in [-0.2, 0) is 0 Å². The van der Waals surface area contributed by atoms with Gasteiger partial charge in [0.15, 0.2) is 0 Å². The molecule has 0 aliphatic carbocycles. The molecule has 4 heteroatoms. The third-order valence-corrected chi connectivity index (χ3v) is 3.23. The topological polar surface area (TPSA) is 15.3 Å². The number of hydrogen-bond donors (Lipinski definition) is 1. The van der Waals surface area contributed by atoms with Crippen molar-refractivity contribution < 1.29 is 8.78 Å². The number of nitrogens with one attached hydrogen (secondary N) is 1. The highest BCUT2D eigenvalue weighted by molar-refractivity contribution is 5.47. The number of halogens is 2. The van der Waals surface area contributed by atoms with Gasteiger partial charge in [-0.3, -0.25) is 0 Å². The molecule has 2 rings (SSSR count). The average molecular weight is 240 g/mol. The number of rotatable bonds is 3. The van der Waals surface area contributed by atoms with Crippen LogP contribution >= 0.6 is 0 Å². The average Bonchev–Trinajstić information content (AvgIpc) is 2.30. The van der Waals surface area contributed by atoms with E-state index in [1.807, 2.05) is 11.9 Å². The first-order valence-corrected chi connectivity index (χ1v) is 6.06. The van der Waals surface area contributed by atoms with E-state index < -0.39 is 11.6 Å². The molecule has 1 N–H and O–H groups in total. The second kappa shape index (κ2) is 5.45. The van der Waals surface area contributed by atoms with Crippen molar-refractivity contribution in [1.29, 1.82) is 0 Å². The fraction of sp³-hybridized carbons (Fsp3) is 0.538. The number of likely N-dealkylation sites (N-methyl/N-ethyl adjacent to an activating group) is 1. The first-order chi connectivity index (χ1) is 8.16. The van der Waals surface area contributed by atoms with Crippen LogP contribution in [0.2, 0.25) is 0 Å². The summed E-state index contributed by atoms with van der Waals surface area (Å²) < 4.78 is 26.4. The minimum Gasteiger partial charge on any atom is -0.371 e. The van der Waals surface area contributed by atoms with Crippen molar-refractivity contribution in [3.63, 3.8) is 0 Å². The Morgan fingerprint density at radius 3 is 2.82 bits per heavy atom. The lowest BCUT2D eigenvalue weighted by molar-refractivity contribution is 0.402. The summed E-state index contributed by atoms with van der Waals surface area (Å²) in [4.78, 5) is 1.84. The van der Waals surface area contributed by atoms with Gasteiger partial charge in [0.05, 0.1) is 5.69 Å². The van der Waals surface area contributed by atoms with Crippen LogP contribution in [0.5, 0.6) is 0 Å². The molecule has 2 nitrogen and oxygen atoms in total. The van der Waals surface area contributed by atoms with Gasteiger partial charge in [-0.1, -0.05) is 6.42 Å². The van der Waals surface area contributed by atoms with Crippen LogP contribution in [0.4, 0.5) is 14.5 Å². The van der Waals surface area contributed by atoms with Gasteiger partial charge in [0.1, 0.15) is 11.6 Å². The zero-order valence-electron chi connectivity index (χ0n) is 10.0. The molecule has 0 saturated carbocycles. The quantitative estimate of drug-likeness (QED) is 0.873. The van der Waals surface area contributed by atoms with Crippen molar-refractivity contribution in [1.82, 2.24) is 5.32 Å². The van der Waals surface area contributed by atoms with E-state index in [2.05, 4.69) is 5.32 Å². The maximum Gasteiger partial charge on any atom is 0.149 e. The Morgan fingerprint density at radius 2 is 2.18 bits per heavy atom. The van der Waals surface area contributed by atoms with Gasteiger partial charge >= 0.3 is 0 Å². The number of nitrogens with zero attached hydrogens (tertiary/aromatic N) is 1. The molecule has 1 aromatic rings. The minimum absolute atomic E-state index is 0.401. The molecule has 1 heterocycles. The van der Waals surface area contributed by atoms with Gasteiger partial charge < -0.3 is 10.2 Å². The zero-order valence-corrected chi connectivity index (χ0v) is 10.0. The lowest BCUT2D eigenvalue weighted by atomic mass is 10.0. The van der Waals surface area contributed by atoms with E-state index in [-0.39, 0.29) is 0 Å². The number of anilines is 1. The molecule has 1 aliphatic heterocycles. The van der Waals surface area contributed by atoms with Gasteiger partial charge in [0.25, 0.3) is 0 Å². The van der Waals surface area contributed by atoms with E-state index in [9.17, 15) is 8.78 Å². The predicted molar refractivity (Wildman–Crippen MR) is 65.3 cm³/mol. The van der Waals surface area contributed by atoms with E-state index in [1.165, 1.54) is 25.0 Å². The molecule has 0 amide bonds. The van der Waals surface area contributed by atoms with Crippen LogP contribution < -0.4 is 10.2 Å². The molecular weight excluding hydrogens is 222 g/mol. The summed E-state index contributed by atoms with van der Waals surface area (Å²) in [6.45, 7) is 1.78. The van der Waals surface area contributed by atoms with Crippen molar-refractivity contribution >= 4 is 5.69 Å². The highest BCUT2D eigenvalue weighted by atomic mass is 19.1. The fourth-order valence-electron chi connectivity index (χ4n) is 2.30. The maximum atomic E-state index is 13.6. The molecule has 1 aliphatic rings. The largest absolute Gasteiger partial charge is 0.371 e. The highest BCUT2D eigenvalue weighted by Crippen LogP contribution is 2.20. The van der Waals surface area contributed by atoms with Crippen molar-refractivity contribution in [2.75, 3.05) is 25.0 Å². The SMILES string of the molecule is CN(CC1CCCCN1)c1ccc(F)cc1F. The normalized spacial score (nSPS) is 20.3. The second-order valence-electron chi connectivity index (χ2n) is 4.62. The molecule has 1 aromatic carbocycles. The van der Waals surface area contributed by atoms with Crippen LogP contribution in [0, 0.1) is 11.6 Å². The summed E-state index contributed by atoms with van der Waals surface area (Å²) in [5.41, 5.74) is 0.457. The summed E-state index contributed by atoms with van der Waals surface area (Å²) in [5.74, 6) is -1.03. The zero-order chi connectivity index (χ0) is 12.3. The monoisotopic (exact) mass is 240 g/mol. The standard InChI is InChI=1S/C13H18F2N2/c1-17(9-11-4-2-3-7-16-11)13-6-5-10(14)8-12(13)15/h5-6,8,11,16H,2-4,7,9H2,1H3. The summed E-state index contributed by atoms with van der Waals surface area (Å²) in [6, 6.07) is 4.12. The van der Waals surface area contributed by atoms with Crippen LogP contribution in [0.1, 0.15) is 19.3 Å². The van der Waals surface area contributed by atoms with E-state index in [0.29, 0.717) is 11.7 Å². The molecule has 0 radical (unpaired) electrons. The molecule has 0 spiro atoms. The van der Waals surface area contributed by atoms with Crippen molar-refractivity contribution in [2.45, 2.75) is 25.3 Å². The van der Waals surface area contributed by atoms with E-state index in [4.69, 9.17) is 0 Å². The highest BCUT2D eigenvalue weighted by Gasteiger charge is 2.16. The Morgan fingerprint density at radius 1 is 1.35 bits per heavy atom. The van der Waals surface area contributed by atoms with Crippen LogP contribution in [-0.4, -0.2) is 26.2 Å². The maximum absolute atomic E-state index is 13.6. The number of piperidine rings is 1. The minimum atomic E-state index is -0.532. The first kappa shape index (κ1) is 12.3. The molecule has 1 fully saturated rings. The van der Waals surface area contributed by atoms with Crippen molar-refractivity contribution in [2.24, 2.45) is 0 Å². The summed E-state index contributed by atoms with van der Waals surface area (Å²) in [7, 11) is 1.84. The Hall–Kier alpha value is -1.16. The van der Waals surface area contributed by atoms with Crippen LogP contribution in [0.25, 0.3) is 0 Å². The number of benzene rings is 1. The van der Waals surface area contributed by atoms with Gasteiger partial charge in [0, 0.05) is 25.7 Å². The summed E-state index contributed by atoms with van der Waals surface area (Å²) in [6.07, 6.45) is 3.55. The smallest absolute Gasteiger partial charge is 0.149 e. The molecule has 1 saturated heterocycles. The molecular formula is C13H18F2N2. The van der Waals surface area contributed by atoms with Gasteiger partial charge in [-0.15, -0.1) is 0 Å². The number of hydrogen-bond acceptors (Lipinski definition) is 2. The lowest BCUT2D eigenvalue weighted by Crippen LogP contribution is -2.42. The molecule has 1 atom stereocenters. The molecule has 17 heavy (non-hydrogen) atoms. The Labute approximate surface area is 101 Å². The Kier molecular flexibility index (Phi) is 3.94. The third-order valence-electron chi connectivity index (χ3n) is 3.23. The molecule has 1 unspecified atom stereocenters. The van der Waals surface area contributed by atoms with Crippen LogP contribution in [0.3, 0.4) is 0 Å². The van der Waals surface area contributed by atoms with Crippen molar-refractivity contribution in [3.05, 3.63) is 29.8 Å². The molecule has 0 aromatic heterocycles. The van der Waals surface area contributed by atoms with Gasteiger partial charge in [-0.2, -0.15) is 0 Å². The summed E-state index contributed by atoms with van der Waals surface area (Å²) in [5, 5.41) is 3.41. The van der Waals surface area contributed by atoms with E-state index in [0.717, 1.165) is 25.6 Å². The molecule has 0 bridgehead atoms. The third kappa shape index (κ3) is 3.16. The molecule has 94 valence electrons.